The van der Waals surface area contributed by atoms with Crippen LogP contribution in [0.4, 0.5) is 0 Å². The van der Waals surface area contributed by atoms with Gasteiger partial charge in [0, 0.05) is 32.5 Å². The average molecular weight is 233 g/mol. The van der Waals surface area contributed by atoms with E-state index in [2.05, 4.69) is 10.3 Å². The van der Waals surface area contributed by atoms with Gasteiger partial charge in [0.2, 0.25) is 5.91 Å². The summed E-state index contributed by atoms with van der Waals surface area (Å²) in [4.78, 5) is 18.2. The number of nitrogens with one attached hydrogen (secondary N) is 1. The van der Waals surface area contributed by atoms with Crippen LogP contribution in [-0.4, -0.2) is 36.4 Å². The summed E-state index contributed by atoms with van der Waals surface area (Å²) in [5.41, 5.74) is 0.940. The third kappa shape index (κ3) is 2.64. The first kappa shape index (κ1) is 12.0. The first-order chi connectivity index (χ1) is 8.18. The summed E-state index contributed by atoms with van der Waals surface area (Å²) in [5, 5.41) is 3.11. The molecule has 0 atom stereocenters. The Morgan fingerprint density at radius 1 is 1.59 bits per heavy atom. The van der Waals surface area contributed by atoms with Crippen molar-refractivity contribution in [3.63, 3.8) is 0 Å². The highest BCUT2D eigenvalue weighted by molar-refractivity contribution is 5.85. The van der Waals surface area contributed by atoms with E-state index in [0.717, 1.165) is 24.9 Å². The fourth-order valence-electron chi connectivity index (χ4n) is 2.20. The van der Waals surface area contributed by atoms with Gasteiger partial charge in [-0.1, -0.05) is 6.07 Å². The van der Waals surface area contributed by atoms with Crippen LogP contribution in [0.2, 0.25) is 0 Å². The molecule has 1 heterocycles. The molecule has 0 unspecified atom stereocenters. The molecule has 1 fully saturated rings. The van der Waals surface area contributed by atoms with E-state index in [-0.39, 0.29) is 11.3 Å². The predicted molar refractivity (Wildman–Crippen MR) is 66.3 cm³/mol. The lowest BCUT2D eigenvalue weighted by Crippen LogP contribution is -2.38. The second kappa shape index (κ2) is 4.84. The van der Waals surface area contributed by atoms with Crippen LogP contribution in [0, 0.1) is 5.41 Å². The molecule has 0 spiro atoms. The molecule has 4 heteroatoms. The number of rotatable bonds is 5. The van der Waals surface area contributed by atoms with Crippen LogP contribution >= 0.6 is 0 Å². The van der Waals surface area contributed by atoms with Crippen LogP contribution < -0.4 is 5.32 Å². The Balaban J connectivity index is 1.96. The Morgan fingerprint density at radius 2 is 2.35 bits per heavy atom. The number of carbonyl (C=O) groups is 1. The molecule has 4 nitrogen and oxygen atoms in total. The van der Waals surface area contributed by atoms with Gasteiger partial charge in [-0.15, -0.1) is 0 Å². The zero-order valence-corrected chi connectivity index (χ0v) is 10.4. The van der Waals surface area contributed by atoms with Gasteiger partial charge in [-0.3, -0.25) is 9.78 Å². The maximum Gasteiger partial charge on any atom is 0.230 e. The van der Waals surface area contributed by atoms with Crippen molar-refractivity contribution in [2.75, 3.05) is 20.6 Å². The molecule has 1 aromatic heterocycles. The highest BCUT2D eigenvalue weighted by atomic mass is 16.2. The van der Waals surface area contributed by atoms with E-state index in [9.17, 15) is 4.79 Å². The van der Waals surface area contributed by atoms with E-state index in [0.29, 0.717) is 6.54 Å². The second-order valence-electron chi connectivity index (χ2n) is 4.83. The number of carbonyl (C=O) groups excluding carboxylic acids is 1. The van der Waals surface area contributed by atoms with Crippen LogP contribution in [0.25, 0.3) is 0 Å². The highest BCUT2D eigenvalue weighted by Gasteiger charge is 2.50. The van der Waals surface area contributed by atoms with E-state index >= 15 is 0 Å². The van der Waals surface area contributed by atoms with Crippen LogP contribution in [0.5, 0.6) is 0 Å². The standard InChI is InChI=1S/C13H19N3O/c1-14-10-13(5-6-13)12(17)16(2)9-11-4-3-7-15-8-11/h3-4,7-8,14H,5-6,9-10H2,1-2H3. The number of nitrogens with zero attached hydrogens (tertiary/aromatic N) is 2. The van der Waals surface area contributed by atoms with Crippen molar-refractivity contribution in [2.45, 2.75) is 19.4 Å². The Hall–Kier alpha value is -1.42. The first-order valence-corrected chi connectivity index (χ1v) is 5.97. The molecule has 92 valence electrons. The predicted octanol–water partition coefficient (Wildman–Crippen LogP) is 1.04. The molecule has 0 bridgehead atoms. The Kier molecular flexibility index (Phi) is 3.43. The van der Waals surface area contributed by atoms with Crippen molar-refractivity contribution >= 4 is 5.91 Å². The third-order valence-corrected chi connectivity index (χ3v) is 3.31. The number of hydrogen-bond donors (Lipinski definition) is 1. The Labute approximate surface area is 102 Å². The maximum atomic E-state index is 12.3. The lowest BCUT2D eigenvalue weighted by atomic mass is 10.1. The summed E-state index contributed by atoms with van der Waals surface area (Å²) in [6.07, 6.45) is 5.56. The van der Waals surface area contributed by atoms with Gasteiger partial charge in [0.15, 0.2) is 0 Å². The fourth-order valence-corrected chi connectivity index (χ4v) is 2.20. The topological polar surface area (TPSA) is 45.2 Å². The summed E-state index contributed by atoms with van der Waals surface area (Å²) < 4.78 is 0. The van der Waals surface area contributed by atoms with E-state index in [1.165, 1.54) is 0 Å². The number of pyridine rings is 1. The van der Waals surface area contributed by atoms with Gasteiger partial charge in [-0.05, 0) is 31.5 Å². The molecule has 1 saturated carbocycles. The van der Waals surface area contributed by atoms with Gasteiger partial charge < -0.3 is 10.2 Å². The highest BCUT2D eigenvalue weighted by Crippen LogP contribution is 2.46. The van der Waals surface area contributed by atoms with Crippen molar-refractivity contribution in [2.24, 2.45) is 5.41 Å². The Morgan fingerprint density at radius 3 is 2.88 bits per heavy atom. The zero-order chi connectivity index (χ0) is 12.3. The molecule has 17 heavy (non-hydrogen) atoms. The summed E-state index contributed by atoms with van der Waals surface area (Å²) in [7, 11) is 3.76. The van der Waals surface area contributed by atoms with Crippen LogP contribution in [0.15, 0.2) is 24.5 Å². The van der Waals surface area contributed by atoms with Crippen molar-refractivity contribution in [1.82, 2.24) is 15.2 Å². The lowest BCUT2D eigenvalue weighted by molar-refractivity contribution is -0.136. The summed E-state index contributed by atoms with van der Waals surface area (Å²) >= 11 is 0. The zero-order valence-electron chi connectivity index (χ0n) is 10.4. The van der Waals surface area contributed by atoms with Crippen molar-refractivity contribution in [1.29, 1.82) is 0 Å². The summed E-state index contributed by atoms with van der Waals surface area (Å²) in [5.74, 6) is 0.246. The van der Waals surface area contributed by atoms with Crippen molar-refractivity contribution in [3.05, 3.63) is 30.1 Å². The smallest absolute Gasteiger partial charge is 0.230 e. The average Bonchev–Trinajstić information content (AvgIpc) is 3.11. The molecule has 1 amide bonds. The molecule has 1 aromatic rings. The van der Waals surface area contributed by atoms with Crippen LogP contribution in [0.1, 0.15) is 18.4 Å². The minimum atomic E-state index is -0.133. The van der Waals surface area contributed by atoms with Crippen molar-refractivity contribution < 1.29 is 4.79 Å². The van der Waals surface area contributed by atoms with Gasteiger partial charge in [0.1, 0.15) is 0 Å². The lowest BCUT2D eigenvalue weighted by Gasteiger charge is -2.23. The third-order valence-electron chi connectivity index (χ3n) is 3.31. The maximum absolute atomic E-state index is 12.3. The number of amides is 1. The molecule has 0 aromatic carbocycles. The molecule has 2 rings (SSSR count). The first-order valence-electron chi connectivity index (χ1n) is 5.97. The number of hydrogen-bond acceptors (Lipinski definition) is 3. The molecule has 0 aliphatic heterocycles. The van der Waals surface area contributed by atoms with Crippen molar-refractivity contribution in [3.8, 4) is 0 Å². The summed E-state index contributed by atoms with van der Waals surface area (Å²) in [6, 6.07) is 3.89. The van der Waals surface area contributed by atoms with Gasteiger partial charge in [-0.25, -0.2) is 0 Å². The normalized spacial score (nSPS) is 16.6. The van der Waals surface area contributed by atoms with Gasteiger partial charge >= 0.3 is 0 Å². The number of aromatic nitrogens is 1. The molecule has 1 N–H and O–H groups in total. The molecular formula is C13H19N3O. The Bertz CT molecular complexity index is 387. The molecule has 1 aliphatic carbocycles. The van der Waals surface area contributed by atoms with E-state index in [1.54, 1.807) is 17.3 Å². The fraction of sp³-hybridized carbons (Fsp3) is 0.538. The summed E-state index contributed by atoms with van der Waals surface area (Å²) in [6.45, 7) is 1.42. The monoisotopic (exact) mass is 233 g/mol. The molecule has 0 radical (unpaired) electrons. The molecular weight excluding hydrogens is 214 g/mol. The van der Waals surface area contributed by atoms with Gasteiger partial charge in [0.25, 0.3) is 0 Å². The van der Waals surface area contributed by atoms with E-state index in [1.807, 2.05) is 26.2 Å². The molecule has 0 saturated heterocycles. The minimum Gasteiger partial charge on any atom is -0.341 e. The van der Waals surface area contributed by atoms with E-state index in [4.69, 9.17) is 0 Å². The van der Waals surface area contributed by atoms with Gasteiger partial charge in [0.05, 0.1) is 5.41 Å². The largest absolute Gasteiger partial charge is 0.341 e. The SMILES string of the molecule is CNCC1(C(=O)N(C)Cc2cccnc2)CC1. The van der Waals surface area contributed by atoms with Gasteiger partial charge in [-0.2, -0.15) is 0 Å². The van der Waals surface area contributed by atoms with E-state index < -0.39 is 0 Å². The quantitative estimate of drug-likeness (QED) is 0.826. The second-order valence-corrected chi connectivity index (χ2v) is 4.83. The minimum absolute atomic E-state index is 0.133. The molecule has 1 aliphatic rings. The van der Waals surface area contributed by atoms with Crippen LogP contribution in [-0.2, 0) is 11.3 Å². The van der Waals surface area contributed by atoms with Crippen LogP contribution in [0.3, 0.4) is 0 Å².